The number of nitrogens with zero attached hydrogens (tertiary/aromatic N) is 5. The number of likely N-dealkylation sites (N-methyl/N-ethyl adjacent to an activating group) is 1. The van der Waals surface area contributed by atoms with Crippen molar-refractivity contribution in [3.8, 4) is 11.5 Å². The second kappa shape index (κ2) is 5.03. The molecule has 3 aromatic rings. The molecule has 0 saturated heterocycles. The molecule has 2 N–H and O–H groups in total. The van der Waals surface area contributed by atoms with Crippen molar-refractivity contribution in [1.29, 1.82) is 0 Å². The van der Waals surface area contributed by atoms with Gasteiger partial charge in [-0.2, -0.15) is 10.1 Å². The van der Waals surface area contributed by atoms with E-state index in [0.717, 1.165) is 11.1 Å². The van der Waals surface area contributed by atoms with Gasteiger partial charge >= 0.3 is 0 Å². The standard InChI is InChI=1S/C13H16N6O/c1-18(2)8-10(14)12-16-13(20-17-12)9-7-15-19-6-4-3-5-11(9)19/h3-7,10H,8,14H2,1-2H3. The molecule has 20 heavy (non-hydrogen) atoms. The Morgan fingerprint density at radius 3 is 3.05 bits per heavy atom. The van der Waals surface area contributed by atoms with Crippen LogP contribution in [0, 0.1) is 0 Å². The summed E-state index contributed by atoms with van der Waals surface area (Å²) in [5.41, 5.74) is 7.75. The molecule has 0 aromatic carbocycles. The van der Waals surface area contributed by atoms with E-state index in [2.05, 4.69) is 15.2 Å². The molecule has 7 heteroatoms. The summed E-state index contributed by atoms with van der Waals surface area (Å²) >= 11 is 0. The zero-order valence-corrected chi connectivity index (χ0v) is 11.4. The molecule has 0 bridgehead atoms. The molecule has 0 amide bonds. The van der Waals surface area contributed by atoms with Gasteiger partial charge in [0.1, 0.15) is 0 Å². The minimum atomic E-state index is -0.274. The van der Waals surface area contributed by atoms with Crippen LogP contribution >= 0.6 is 0 Å². The minimum Gasteiger partial charge on any atom is -0.334 e. The van der Waals surface area contributed by atoms with Gasteiger partial charge < -0.3 is 15.2 Å². The summed E-state index contributed by atoms with van der Waals surface area (Å²) in [6.45, 7) is 0.660. The maximum atomic E-state index is 6.03. The fourth-order valence-corrected chi connectivity index (χ4v) is 2.07. The van der Waals surface area contributed by atoms with Gasteiger partial charge in [-0.15, -0.1) is 0 Å². The maximum absolute atomic E-state index is 6.03. The van der Waals surface area contributed by atoms with Crippen LogP contribution in [-0.4, -0.2) is 45.3 Å². The average Bonchev–Trinajstić information content (AvgIpc) is 3.04. The number of nitrogens with two attached hydrogens (primary N) is 1. The Balaban J connectivity index is 1.94. The summed E-state index contributed by atoms with van der Waals surface area (Å²) in [6, 6.07) is 5.53. The van der Waals surface area contributed by atoms with Crippen LogP contribution < -0.4 is 5.73 Å². The SMILES string of the molecule is CN(C)CC(N)c1noc(-c2cnn3ccccc23)n1. The van der Waals surface area contributed by atoms with E-state index in [9.17, 15) is 0 Å². The highest BCUT2D eigenvalue weighted by Crippen LogP contribution is 2.23. The zero-order valence-electron chi connectivity index (χ0n) is 11.4. The van der Waals surface area contributed by atoms with E-state index in [4.69, 9.17) is 10.3 Å². The van der Waals surface area contributed by atoms with Crippen molar-refractivity contribution < 1.29 is 4.52 Å². The predicted octanol–water partition coefficient (Wildman–Crippen LogP) is 0.946. The fourth-order valence-electron chi connectivity index (χ4n) is 2.07. The van der Waals surface area contributed by atoms with Gasteiger partial charge in [0.15, 0.2) is 5.82 Å². The lowest BCUT2D eigenvalue weighted by Crippen LogP contribution is -2.26. The van der Waals surface area contributed by atoms with Crippen LogP contribution in [0.15, 0.2) is 35.1 Å². The summed E-state index contributed by atoms with van der Waals surface area (Å²) in [5.74, 6) is 0.944. The summed E-state index contributed by atoms with van der Waals surface area (Å²) in [4.78, 5) is 6.36. The molecular formula is C13H16N6O. The van der Waals surface area contributed by atoms with Gasteiger partial charge in [0, 0.05) is 12.7 Å². The smallest absolute Gasteiger partial charge is 0.261 e. The molecule has 3 rings (SSSR count). The third-order valence-corrected chi connectivity index (χ3v) is 2.99. The van der Waals surface area contributed by atoms with E-state index >= 15 is 0 Å². The van der Waals surface area contributed by atoms with Crippen LogP contribution in [0.5, 0.6) is 0 Å². The van der Waals surface area contributed by atoms with Gasteiger partial charge in [-0.05, 0) is 26.2 Å². The normalized spacial score (nSPS) is 13.2. The molecule has 1 unspecified atom stereocenters. The molecule has 3 heterocycles. The van der Waals surface area contributed by atoms with Crippen LogP contribution in [0.25, 0.3) is 17.0 Å². The van der Waals surface area contributed by atoms with Crippen LogP contribution in [0.2, 0.25) is 0 Å². The topological polar surface area (TPSA) is 85.5 Å². The molecule has 0 saturated carbocycles. The van der Waals surface area contributed by atoms with E-state index in [0.29, 0.717) is 18.3 Å². The lowest BCUT2D eigenvalue weighted by atomic mass is 10.2. The van der Waals surface area contributed by atoms with Gasteiger partial charge in [0.05, 0.1) is 23.3 Å². The van der Waals surface area contributed by atoms with Crippen LogP contribution in [0.3, 0.4) is 0 Å². The molecule has 0 spiro atoms. The number of rotatable bonds is 4. The van der Waals surface area contributed by atoms with Crippen molar-refractivity contribution in [2.45, 2.75) is 6.04 Å². The van der Waals surface area contributed by atoms with Gasteiger partial charge in [-0.1, -0.05) is 11.2 Å². The molecule has 3 aromatic heterocycles. The van der Waals surface area contributed by atoms with Crippen molar-refractivity contribution in [3.05, 3.63) is 36.4 Å². The monoisotopic (exact) mass is 272 g/mol. The predicted molar refractivity (Wildman–Crippen MR) is 74.0 cm³/mol. The Labute approximate surface area is 116 Å². The van der Waals surface area contributed by atoms with E-state index in [1.54, 1.807) is 10.7 Å². The van der Waals surface area contributed by atoms with E-state index in [-0.39, 0.29) is 6.04 Å². The first-order valence-corrected chi connectivity index (χ1v) is 6.32. The van der Waals surface area contributed by atoms with Crippen LogP contribution in [0.1, 0.15) is 11.9 Å². The molecule has 0 fully saturated rings. The molecule has 0 aliphatic carbocycles. The Kier molecular flexibility index (Phi) is 3.21. The van der Waals surface area contributed by atoms with Crippen molar-refractivity contribution in [1.82, 2.24) is 24.7 Å². The third kappa shape index (κ3) is 2.28. The van der Waals surface area contributed by atoms with Crippen LogP contribution in [0.4, 0.5) is 0 Å². The van der Waals surface area contributed by atoms with Gasteiger partial charge in [-0.3, -0.25) is 0 Å². The fraction of sp³-hybridized carbons (Fsp3) is 0.308. The van der Waals surface area contributed by atoms with Crippen molar-refractivity contribution in [2.75, 3.05) is 20.6 Å². The van der Waals surface area contributed by atoms with Crippen molar-refractivity contribution in [3.63, 3.8) is 0 Å². The van der Waals surface area contributed by atoms with Crippen LogP contribution in [-0.2, 0) is 0 Å². The zero-order chi connectivity index (χ0) is 14.1. The molecule has 1 atom stereocenters. The van der Waals surface area contributed by atoms with E-state index < -0.39 is 0 Å². The number of hydrogen-bond acceptors (Lipinski definition) is 6. The number of fused-ring (bicyclic) bond motifs is 1. The van der Waals surface area contributed by atoms with Gasteiger partial charge in [0.25, 0.3) is 5.89 Å². The first kappa shape index (κ1) is 12.8. The number of aromatic nitrogens is 4. The largest absolute Gasteiger partial charge is 0.334 e. The second-order valence-corrected chi connectivity index (χ2v) is 4.92. The van der Waals surface area contributed by atoms with Crippen molar-refractivity contribution in [2.24, 2.45) is 5.73 Å². The first-order valence-electron chi connectivity index (χ1n) is 6.32. The van der Waals surface area contributed by atoms with E-state index in [1.807, 2.05) is 43.4 Å². The second-order valence-electron chi connectivity index (χ2n) is 4.92. The lowest BCUT2D eigenvalue weighted by Gasteiger charge is -2.12. The Morgan fingerprint density at radius 2 is 2.25 bits per heavy atom. The maximum Gasteiger partial charge on any atom is 0.261 e. The summed E-state index contributed by atoms with van der Waals surface area (Å²) in [6.07, 6.45) is 3.58. The molecule has 104 valence electrons. The highest BCUT2D eigenvalue weighted by atomic mass is 16.5. The average molecular weight is 272 g/mol. The summed E-state index contributed by atoms with van der Waals surface area (Å²) in [7, 11) is 3.90. The first-order chi connectivity index (χ1) is 9.65. The Morgan fingerprint density at radius 1 is 1.40 bits per heavy atom. The molecule has 0 radical (unpaired) electrons. The molecule has 7 nitrogen and oxygen atoms in total. The Hall–Kier alpha value is -2.25. The van der Waals surface area contributed by atoms with Crippen molar-refractivity contribution >= 4 is 5.52 Å². The Bertz CT molecular complexity index is 716. The van der Waals surface area contributed by atoms with E-state index in [1.165, 1.54) is 0 Å². The quantitative estimate of drug-likeness (QED) is 0.761. The highest BCUT2D eigenvalue weighted by Gasteiger charge is 2.18. The van der Waals surface area contributed by atoms with Gasteiger partial charge in [0.2, 0.25) is 0 Å². The van der Waals surface area contributed by atoms with Gasteiger partial charge in [-0.25, -0.2) is 4.52 Å². The summed E-state index contributed by atoms with van der Waals surface area (Å²) < 4.78 is 7.07. The summed E-state index contributed by atoms with van der Waals surface area (Å²) in [5, 5.41) is 8.20. The number of hydrogen-bond donors (Lipinski definition) is 1. The molecule has 0 aliphatic rings. The third-order valence-electron chi connectivity index (χ3n) is 2.99. The molecule has 0 aliphatic heterocycles. The minimum absolute atomic E-state index is 0.274. The number of pyridine rings is 1. The lowest BCUT2D eigenvalue weighted by molar-refractivity contribution is 0.357. The molecular weight excluding hydrogens is 256 g/mol. The highest BCUT2D eigenvalue weighted by molar-refractivity contribution is 5.74.